The minimum Gasteiger partial charge on any atom is -0.452 e. The SMILES string of the molecule is C[C@@H](NC(=O)COC(=O)c1ccc(N2CCCC2)c([N+](=O)[O-])c1)c1ccccc1. The highest BCUT2D eigenvalue weighted by molar-refractivity contribution is 5.93. The van der Waals surface area contributed by atoms with Gasteiger partial charge in [0.15, 0.2) is 6.61 Å². The minimum atomic E-state index is -0.774. The van der Waals surface area contributed by atoms with E-state index in [1.807, 2.05) is 42.2 Å². The van der Waals surface area contributed by atoms with Gasteiger partial charge >= 0.3 is 5.97 Å². The number of carbonyl (C=O) groups is 2. The molecule has 1 saturated heterocycles. The Labute approximate surface area is 168 Å². The predicted molar refractivity (Wildman–Crippen MR) is 108 cm³/mol. The van der Waals surface area contributed by atoms with E-state index in [2.05, 4.69) is 5.32 Å². The second-order valence-corrected chi connectivity index (χ2v) is 6.93. The number of hydrogen-bond donors (Lipinski definition) is 1. The van der Waals surface area contributed by atoms with Gasteiger partial charge in [0.1, 0.15) is 5.69 Å². The highest BCUT2D eigenvalue weighted by Crippen LogP contribution is 2.31. The molecular formula is C21H23N3O5. The summed E-state index contributed by atoms with van der Waals surface area (Å²) < 4.78 is 5.04. The van der Waals surface area contributed by atoms with E-state index >= 15 is 0 Å². The van der Waals surface area contributed by atoms with Gasteiger partial charge < -0.3 is 15.0 Å². The Bertz CT molecular complexity index is 894. The zero-order valence-electron chi connectivity index (χ0n) is 16.2. The fourth-order valence-electron chi connectivity index (χ4n) is 3.34. The second kappa shape index (κ2) is 9.18. The number of amides is 1. The van der Waals surface area contributed by atoms with Crippen molar-refractivity contribution < 1.29 is 19.2 Å². The number of hydrogen-bond acceptors (Lipinski definition) is 6. The molecule has 1 atom stereocenters. The van der Waals surface area contributed by atoms with Gasteiger partial charge in [0, 0.05) is 19.2 Å². The van der Waals surface area contributed by atoms with Gasteiger partial charge in [-0.3, -0.25) is 14.9 Å². The van der Waals surface area contributed by atoms with Crippen molar-refractivity contribution in [2.24, 2.45) is 0 Å². The van der Waals surface area contributed by atoms with Gasteiger partial charge in [-0.15, -0.1) is 0 Å². The zero-order chi connectivity index (χ0) is 20.8. The Hall–Kier alpha value is -3.42. The average Bonchev–Trinajstić information content (AvgIpc) is 3.27. The van der Waals surface area contributed by atoms with Gasteiger partial charge in [0.25, 0.3) is 11.6 Å². The van der Waals surface area contributed by atoms with Crippen LogP contribution in [0.2, 0.25) is 0 Å². The molecule has 1 heterocycles. The molecule has 0 aliphatic carbocycles. The molecule has 1 aliphatic heterocycles. The first-order valence-electron chi connectivity index (χ1n) is 9.50. The lowest BCUT2D eigenvalue weighted by Crippen LogP contribution is -2.31. The molecule has 0 radical (unpaired) electrons. The minimum absolute atomic E-state index is 0.0450. The Morgan fingerprint density at radius 2 is 1.86 bits per heavy atom. The maximum absolute atomic E-state index is 12.3. The van der Waals surface area contributed by atoms with E-state index in [9.17, 15) is 19.7 Å². The summed E-state index contributed by atoms with van der Waals surface area (Å²) in [5, 5.41) is 14.2. The van der Waals surface area contributed by atoms with Gasteiger partial charge in [-0.25, -0.2) is 4.79 Å². The number of esters is 1. The van der Waals surface area contributed by atoms with Crippen molar-refractivity contribution in [3.63, 3.8) is 0 Å². The normalized spacial score (nSPS) is 14.3. The van der Waals surface area contributed by atoms with Crippen LogP contribution in [-0.2, 0) is 9.53 Å². The van der Waals surface area contributed by atoms with E-state index in [1.54, 1.807) is 6.07 Å². The number of carbonyl (C=O) groups excluding carboxylic acids is 2. The first kappa shape index (κ1) is 20.3. The molecule has 1 aliphatic rings. The molecule has 1 fully saturated rings. The summed E-state index contributed by atoms with van der Waals surface area (Å²) in [5.74, 6) is -1.22. The lowest BCUT2D eigenvalue weighted by molar-refractivity contribution is -0.384. The number of nitrogens with one attached hydrogen (secondary N) is 1. The average molecular weight is 397 g/mol. The Balaban J connectivity index is 1.60. The van der Waals surface area contributed by atoms with Crippen molar-refractivity contribution in [3.05, 3.63) is 69.8 Å². The van der Waals surface area contributed by atoms with E-state index in [0.717, 1.165) is 31.5 Å². The topological polar surface area (TPSA) is 102 Å². The molecule has 0 spiro atoms. The van der Waals surface area contributed by atoms with Crippen LogP contribution in [0.1, 0.15) is 41.7 Å². The van der Waals surface area contributed by atoms with E-state index in [-0.39, 0.29) is 17.3 Å². The van der Waals surface area contributed by atoms with Crippen LogP contribution in [0, 0.1) is 10.1 Å². The number of benzene rings is 2. The van der Waals surface area contributed by atoms with E-state index in [1.165, 1.54) is 12.1 Å². The van der Waals surface area contributed by atoms with Gasteiger partial charge in [-0.1, -0.05) is 30.3 Å². The van der Waals surface area contributed by atoms with Gasteiger partial charge in [0.05, 0.1) is 16.5 Å². The number of rotatable bonds is 7. The lowest BCUT2D eigenvalue weighted by atomic mass is 10.1. The first-order chi connectivity index (χ1) is 14.0. The van der Waals surface area contributed by atoms with E-state index < -0.39 is 23.4 Å². The fourth-order valence-corrected chi connectivity index (χ4v) is 3.34. The number of nitro benzene ring substituents is 1. The van der Waals surface area contributed by atoms with Crippen LogP contribution in [0.25, 0.3) is 0 Å². The highest BCUT2D eigenvalue weighted by Gasteiger charge is 2.24. The smallest absolute Gasteiger partial charge is 0.338 e. The quantitative estimate of drug-likeness (QED) is 0.437. The lowest BCUT2D eigenvalue weighted by Gasteiger charge is -2.17. The van der Waals surface area contributed by atoms with Gasteiger partial charge in [-0.05, 0) is 37.5 Å². The van der Waals surface area contributed by atoms with Crippen LogP contribution in [-0.4, -0.2) is 36.5 Å². The molecule has 0 aromatic heterocycles. The number of nitrogens with zero attached hydrogens (tertiary/aromatic N) is 2. The molecule has 3 rings (SSSR count). The Kier molecular flexibility index (Phi) is 6.43. The Morgan fingerprint density at radius 1 is 1.17 bits per heavy atom. The van der Waals surface area contributed by atoms with E-state index in [4.69, 9.17) is 4.74 Å². The van der Waals surface area contributed by atoms with Crippen molar-refractivity contribution in [1.29, 1.82) is 0 Å². The summed E-state index contributed by atoms with van der Waals surface area (Å²) in [4.78, 5) is 37.2. The fraction of sp³-hybridized carbons (Fsp3) is 0.333. The third-order valence-corrected chi connectivity index (χ3v) is 4.87. The Morgan fingerprint density at radius 3 is 2.52 bits per heavy atom. The molecule has 152 valence electrons. The van der Waals surface area contributed by atoms with Crippen molar-refractivity contribution >= 4 is 23.3 Å². The molecule has 2 aromatic rings. The molecule has 1 N–H and O–H groups in total. The molecule has 0 bridgehead atoms. The summed E-state index contributed by atoms with van der Waals surface area (Å²) >= 11 is 0. The van der Waals surface area contributed by atoms with Crippen LogP contribution in [0.3, 0.4) is 0 Å². The monoisotopic (exact) mass is 397 g/mol. The number of ether oxygens (including phenoxy) is 1. The maximum atomic E-state index is 12.3. The third-order valence-electron chi connectivity index (χ3n) is 4.87. The molecule has 8 nitrogen and oxygen atoms in total. The molecule has 1 amide bonds. The van der Waals surface area contributed by atoms with Crippen molar-refractivity contribution in [1.82, 2.24) is 5.32 Å². The number of nitro groups is 1. The van der Waals surface area contributed by atoms with Gasteiger partial charge in [0.2, 0.25) is 0 Å². The molecule has 2 aromatic carbocycles. The van der Waals surface area contributed by atoms with Crippen LogP contribution < -0.4 is 10.2 Å². The first-order valence-corrected chi connectivity index (χ1v) is 9.50. The molecule has 8 heteroatoms. The van der Waals surface area contributed by atoms with Crippen LogP contribution in [0.4, 0.5) is 11.4 Å². The van der Waals surface area contributed by atoms with Crippen LogP contribution >= 0.6 is 0 Å². The maximum Gasteiger partial charge on any atom is 0.338 e. The van der Waals surface area contributed by atoms with Crippen molar-refractivity contribution in [2.45, 2.75) is 25.8 Å². The summed E-state index contributed by atoms with van der Waals surface area (Å²) in [6.45, 7) is 2.88. The molecule has 0 saturated carbocycles. The third kappa shape index (κ3) is 5.10. The van der Waals surface area contributed by atoms with Crippen LogP contribution in [0.15, 0.2) is 48.5 Å². The highest BCUT2D eigenvalue weighted by atomic mass is 16.6. The molecular weight excluding hydrogens is 374 g/mol. The second-order valence-electron chi connectivity index (χ2n) is 6.93. The molecule has 0 unspecified atom stereocenters. The number of anilines is 1. The van der Waals surface area contributed by atoms with E-state index in [0.29, 0.717) is 5.69 Å². The predicted octanol–water partition coefficient (Wildman–Crippen LogP) is 3.23. The zero-order valence-corrected chi connectivity index (χ0v) is 16.2. The largest absolute Gasteiger partial charge is 0.452 e. The van der Waals surface area contributed by atoms with Crippen molar-refractivity contribution in [2.75, 3.05) is 24.6 Å². The standard InChI is InChI=1S/C21H23N3O5/c1-15(16-7-3-2-4-8-16)22-20(25)14-29-21(26)17-9-10-18(19(13-17)24(27)28)23-11-5-6-12-23/h2-4,7-10,13,15H,5-6,11-12,14H2,1H3,(H,22,25)/t15-/m1/s1. The summed E-state index contributed by atoms with van der Waals surface area (Å²) in [5.41, 5.74) is 1.34. The summed E-state index contributed by atoms with van der Waals surface area (Å²) in [7, 11) is 0. The van der Waals surface area contributed by atoms with Crippen molar-refractivity contribution in [3.8, 4) is 0 Å². The van der Waals surface area contributed by atoms with Crippen LogP contribution in [0.5, 0.6) is 0 Å². The summed E-state index contributed by atoms with van der Waals surface area (Å²) in [6.07, 6.45) is 1.97. The summed E-state index contributed by atoms with van der Waals surface area (Å²) in [6, 6.07) is 13.4. The van der Waals surface area contributed by atoms with Gasteiger partial charge in [-0.2, -0.15) is 0 Å². The molecule has 29 heavy (non-hydrogen) atoms.